The van der Waals surface area contributed by atoms with Crippen molar-refractivity contribution >= 4 is 12.4 Å². The Morgan fingerprint density at radius 1 is 1.33 bits per heavy atom. The molecule has 0 unspecified atom stereocenters. The molecule has 4 heteroatoms. The number of nitrogens with zero attached hydrogens (tertiary/aromatic N) is 1. The van der Waals surface area contributed by atoms with Gasteiger partial charge in [0.05, 0.1) is 11.2 Å². The van der Waals surface area contributed by atoms with Crippen molar-refractivity contribution in [2.45, 2.75) is 39.6 Å². The smallest absolute Gasteiger partial charge is 0.328 e. The summed E-state index contributed by atoms with van der Waals surface area (Å²) >= 11 is 0. The molecule has 1 saturated heterocycles. The standard InChI is InChI=1S/C14H18BNO2/c1-13(2)9-15(18-14(13,3)4)11-6-5-10(8-16)12(17)7-11/h5-7,17H,9H2,1-4H3. The highest BCUT2D eigenvalue weighted by Crippen LogP contribution is 2.45. The van der Waals surface area contributed by atoms with E-state index in [-0.39, 0.29) is 23.7 Å². The molecular weight excluding hydrogens is 225 g/mol. The maximum Gasteiger partial charge on any atom is 0.328 e. The highest BCUT2D eigenvalue weighted by Gasteiger charge is 2.49. The quantitative estimate of drug-likeness (QED) is 0.770. The van der Waals surface area contributed by atoms with E-state index in [0.29, 0.717) is 5.56 Å². The van der Waals surface area contributed by atoms with Crippen molar-refractivity contribution in [2.75, 3.05) is 0 Å². The zero-order valence-electron chi connectivity index (χ0n) is 11.3. The molecule has 1 fully saturated rings. The van der Waals surface area contributed by atoms with Gasteiger partial charge in [-0.25, -0.2) is 0 Å². The first-order valence-electron chi connectivity index (χ1n) is 6.18. The minimum Gasteiger partial charge on any atom is -0.507 e. The zero-order chi connectivity index (χ0) is 13.6. The minimum atomic E-state index is -0.193. The molecule has 0 saturated carbocycles. The maximum absolute atomic E-state index is 9.73. The SMILES string of the molecule is CC1(C)CB(c2ccc(C#N)c(O)c2)OC1(C)C. The van der Waals surface area contributed by atoms with Crippen molar-refractivity contribution in [3.05, 3.63) is 23.8 Å². The third-order valence-corrected chi connectivity index (χ3v) is 4.28. The molecule has 1 aliphatic heterocycles. The van der Waals surface area contributed by atoms with Crippen molar-refractivity contribution in [1.82, 2.24) is 0 Å². The summed E-state index contributed by atoms with van der Waals surface area (Å²) in [5.41, 5.74) is 1.13. The Hall–Kier alpha value is -1.47. The molecular formula is C14H18BNO2. The molecule has 94 valence electrons. The lowest BCUT2D eigenvalue weighted by Gasteiger charge is -2.34. The number of hydrogen-bond donors (Lipinski definition) is 1. The number of hydrogen-bond acceptors (Lipinski definition) is 3. The third kappa shape index (κ3) is 1.99. The van der Waals surface area contributed by atoms with Crippen LogP contribution in [0.25, 0.3) is 0 Å². The fourth-order valence-electron chi connectivity index (χ4n) is 2.30. The number of phenolic OH excluding ortho intramolecular Hbond substituents is 1. The van der Waals surface area contributed by atoms with Gasteiger partial charge in [-0.3, -0.25) is 0 Å². The van der Waals surface area contributed by atoms with E-state index in [1.807, 2.05) is 12.1 Å². The molecule has 0 bridgehead atoms. The molecule has 18 heavy (non-hydrogen) atoms. The van der Waals surface area contributed by atoms with Gasteiger partial charge < -0.3 is 9.76 Å². The van der Waals surface area contributed by atoms with Crippen LogP contribution in [0.1, 0.15) is 33.3 Å². The molecule has 1 heterocycles. The van der Waals surface area contributed by atoms with Crippen LogP contribution in [0, 0.1) is 16.7 Å². The van der Waals surface area contributed by atoms with Gasteiger partial charge in [0, 0.05) is 0 Å². The van der Waals surface area contributed by atoms with Crippen LogP contribution in [0.4, 0.5) is 0 Å². The highest BCUT2D eigenvalue weighted by molar-refractivity contribution is 6.68. The van der Waals surface area contributed by atoms with Gasteiger partial charge in [-0.1, -0.05) is 19.9 Å². The number of benzene rings is 1. The van der Waals surface area contributed by atoms with E-state index in [2.05, 4.69) is 27.7 Å². The molecule has 2 rings (SSSR count). The van der Waals surface area contributed by atoms with E-state index in [4.69, 9.17) is 9.92 Å². The summed E-state index contributed by atoms with van der Waals surface area (Å²) in [5, 5.41) is 18.5. The summed E-state index contributed by atoms with van der Waals surface area (Å²) in [5.74, 6) is 0.0288. The number of phenols is 1. The van der Waals surface area contributed by atoms with E-state index in [1.165, 1.54) is 0 Å². The van der Waals surface area contributed by atoms with Gasteiger partial charge in [-0.2, -0.15) is 5.26 Å². The molecule has 0 spiro atoms. The number of nitriles is 1. The second-order valence-corrected chi connectivity index (χ2v) is 6.09. The lowest BCUT2D eigenvalue weighted by molar-refractivity contribution is 0.0375. The van der Waals surface area contributed by atoms with E-state index in [0.717, 1.165) is 11.8 Å². The van der Waals surface area contributed by atoms with Crippen molar-refractivity contribution < 1.29 is 9.76 Å². The maximum atomic E-state index is 9.73. The van der Waals surface area contributed by atoms with E-state index in [9.17, 15) is 5.11 Å². The summed E-state index contributed by atoms with van der Waals surface area (Å²) in [4.78, 5) is 0. The van der Waals surface area contributed by atoms with Crippen molar-refractivity contribution in [3.63, 3.8) is 0 Å². The van der Waals surface area contributed by atoms with Crippen LogP contribution < -0.4 is 5.46 Å². The molecule has 0 amide bonds. The molecule has 1 aromatic carbocycles. The van der Waals surface area contributed by atoms with E-state index in [1.54, 1.807) is 12.1 Å². The van der Waals surface area contributed by atoms with Crippen LogP contribution in [0.3, 0.4) is 0 Å². The van der Waals surface area contributed by atoms with Crippen molar-refractivity contribution in [3.8, 4) is 11.8 Å². The largest absolute Gasteiger partial charge is 0.507 e. The molecule has 1 aliphatic rings. The monoisotopic (exact) mass is 243 g/mol. The van der Waals surface area contributed by atoms with Gasteiger partial charge in [-0.05, 0) is 43.2 Å². The first-order chi connectivity index (χ1) is 8.27. The fourth-order valence-corrected chi connectivity index (χ4v) is 2.30. The van der Waals surface area contributed by atoms with Crippen LogP contribution in [0.5, 0.6) is 5.75 Å². The summed E-state index contributed by atoms with van der Waals surface area (Å²) < 4.78 is 6.08. The Bertz CT molecular complexity index is 501. The lowest BCUT2D eigenvalue weighted by Crippen LogP contribution is -2.36. The van der Waals surface area contributed by atoms with Crippen LogP contribution >= 0.6 is 0 Å². The minimum absolute atomic E-state index is 0.0198. The van der Waals surface area contributed by atoms with Gasteiger partial charge in [0.25, 0.3) is 0 Å². The first kappa shape index (κ1) is 13.0. The predicted octanol–water partition coefficient (Wildman–Crippen LogP) is 2.30. The normalized spacial score (nSPS) is 20.7. The van der Waals surface area contributed by atoms with Crippen LogP contribution in [-0.2, 0) is 4.65 Å². The Labute approximate surface area is 109 Å². The molecule has 0 radical (unpaired) electrons. The lowest BCUT2D eigenvalue weighted by atomic mass is 9.54. The molecule has 1 aromatic rings. The van der Waals surface area contributed by atoms with Crippen molar-refractivity contribution in [1.29, 1.82) is 5.26 Å². The molecule has 0 aliphatic carbocycles. The van der Waals surface area contributed by atoms with Gasteiger partial charge >= 0.3 is 6.92 Å². The van der Waals surface area contributed by atoms with E-state index >= 15 is 0 Å². The Morgan fingerprint density at radius 2 is 2.00 bits per heavy atom. The number of aromatic hydroxyl groups is 1. The second kappa shape index (κ2) is 4.03. The number of rotatable bonds is 1. The van der Waals surface area contributed by atoms with Crippen LogP contribution in [0.2, 0.25) is 6.32 Å². The van der Waals surface area contributed by atoms with Gasteiger partial charge in [0.2, 0.25) is 0 Å². The van der Waals surface area contributed by atoms with Gasteiger partial charge in [0.15, 0.2) is 0 Å². The average molecular weight is 243 g/mol. The Kier molecular flexibility index (Phi) is 2.91. The van der Waals surface area contributed by atoms with Gasteiger partial charge in [0.1, 0.15) is 11.8 Å². The molecule has 0 atom stereocenters. The summed E-state index contributed by atoms with van der Waals surface area (Å²) in [7, 11) is 0. The first-order valence-corrected chi connectivity index (χ1v) is 6.18. The van der Waals surface area contributed by atoms with Crippen LogP contribution in [0.15, 0.2) is 18.2 Å². The average Bonchev–Trinajstić information content (AvgIpc) is 2.48. The molecule has 1 N–H and O–H groups in total. The molecule has 3 nitrogen and oxygen atoms in total. The Balaban J connectivity index is 2.31. The van der Waals surface area contributed by atoms with Gasteiger partial charge in [-0.15, -0.1) is 0 Å². The summed E-state index contributed by atoms with van der Waals surface area (Å²) in [6.45, 7) is 8.55. The third-order valence-electron chi connectivity index (χ3n) is 4.28. The topological polar surface area (TPSA) is 53.2 Å². The van der Waals surface area contributed by atoms with Crippen molar-refractivity contribution in [2.24, 2.45) is 5.41 Å². The molecule has 0 aromatic heterocycles. The Morgan fingerprint density at radius 3 is 2.44 bits per heavy atom. The second-order valence-electron chi connectivity index (χ2n) is 6.09. The van der Waals surface area contributed by atoms with E-state index < -0.39 is 0 Å². The zero-order valence-corrected chi connectivity index (χ0v) is 11.3. The fraction of sp³-hybridized carbons (Fsp3) is 0.500. The van der Waals surface area contributed by atoms with Crippen LogP contribution in [-0.4, -0.2) is 17.6 Å². The summed E-state index contributed by atoms with van der Waals surface area (Å²) in [6.07, 6.45) is 0.908. The predicted molar refractivity (Wildman–Crippen MR) is 72.0 cm³/mol. The summed E-state index contributed by atoms with van der Waals surface area (Å²) in [6, 6.07) is 7.10. The highest BCUT2D eigenvalue weighted by atomic mass is 16.5.